The molecule has 10 heteroatoms. The summed E-state index contributed by atoms with van der Waals surface area (Å²) in [5.41, 5.74) is 2.37. The highest BCUT2D eigenvalue weighted by Crippen LogP contribution is 2.31. The summed E-state index contributed by atoms with van der Waals surface area (Å²) in [4.78, 5) is 27.4. The summed E-state index contributed by atoms with van der Waals surface area (Å²) < 4.78 is 24.4. The molecule has 3 rings (SSSR count). The molecule has 1 aromatic heterocycles. The van der Waals surface area contributed by atoms with Crippen LogP contribution in [0.15, 0.2) is 47.4 Å². The normalized spacial score (nSPS) is 11.2. The van der Waals surface area contributed by atoms with Crippen molar-refractivity contribution >= 4 is 48.5 Å². The average molecular weight is 433 g/mol. The van der Waals surface area contributed by atoms with Crippen LogP contribution in [0.25, 0.3) is 21.3 Å². The summed E-state index contributed by atoms with van der Waals surface area (Å²) in [6.07, 6.45) is 1.18. The van der Waals surface area contributed by atoms with Gasteiger partial charge in [-0.25, -0.2) is 18.2 Å². The molecule has 0 aliphatic carbocycles. The van der Waals surface area contributed by atoms with Crippen molar-refractivity contribution in [2.24, 2.45) is 0 Å². The van der Waals surface area contributed by atoms with E-state index in [1.54, 1.807) is 18.2 Å². The Morgan fingerprint density at radius 1 is 1.03 bits per heavy atom. The number of hydrogen-bond acceptors (Lipinski definition) is 6. The van der Waals surface area contributed by atoms with E-state index in [1.807, 2.05) is 24.3 Å². The molecule has 29 heavy (non-hydrogen) atoms. The van der Waals surface area contributed by atoms with E-state index in [4.69, 9.17) is 0 Å². The minimum absolute atomic E-state index is 0.156. The van der Waals surface area contributed by atoms with Crippen LogP contribution >= 0.6 is 11.3 Å². The van der Waals surface area contributed by atoms with Gasteiger partial charge in [0, 0.05) is 26.3 Å². The fourth-order valence-electron chi connectivity index (χ4n) is 2.62. The zero-order chi connectivity index (χ0) is 21.0. The molecule has 0 aliphatic heterocycles. The Morgan fingerprint density at radius 3 is 2.48 bits per heavy atom. The van der Waals surface area contributed by atoms with Gasteiger partial charge in [-0.05, 0) is 35.4 Å². The Balaban J connectivity index is 1.73. The molecule has 0 radical (unpaired) electrons. The van der Waals surface area contributed by atoms with Crippen LogP contribution in [0.5, 0.6) is 0 Å². The van der Waals surface area contributed by atoms with Crippen LogP contribution in [-0.2, 0) is 14.6 Å². The van der Waals surface area contributed by atoms with Crippen LogP contribution in [0.4, 0.5) is 9.93 Å². The number of nitrogens with zero attached hydrogens (tertiary/aromatic N) is 1. The van der Waals surface area contributed by atoms with Gasteiger partial charge in [0.05, 0.1) is 15.1 Å². The summed E-state index contributed by atoms with van der Waals surface area (Å²) >= 11 is 1.32. The monoisotopic (exact) mass is 432 g/mol. The number of sulfone groups is 1. The summed E-state index contributed by atoms with van der Waals surface area (Å²) in [6.45, 7) is 2.06. The smallest absolute Gasteiger partial charge is 0.321 e. The van der Waals surface area contributed by atoms with Gasteiger partial charge >= 0.3 is 6.03 Å². The Labute approximate surface area is 172 Å². The molecule has 2 aromatic carbocycles. The standard InChI is InChI=1S/C19H20N4O4S2/c1-12(24)20-8-9-21-18(25)23-19-22-16-7-6-14(11-17(16)28-19)13-4-3-5-15(10-13)29(2,26)27/h3-7,10-11H,8-9H2,1-2H3,(H,20,24)(H2,21,22,23,25). The molecular formula is C19H20N4O4S2. The number of aromatic nitrogens is 1. The largest absolute Gasteiger partial charge is 0.355 e. The number of amides is 3. The zero-order valence-electron chi connectivity index (χ0n) is 15.9. The van der Waals surface area contributed by atoms with Crippen molar-refractivity contribution in [1.29, 1.82) is 0 Å². The lowest BCUT2D eigenvalue weighted by Gasteiger charge is -2.05. The zero-order valence-corrected chi connectivity index (χ0v) is 17.5. The number of urea groups is 1. The van der Waals surface area contributed by atoms with E-state index >= 15 is 0 Å². The minimum atomic E-state index is -3.29. The molecule has 0 bridgehead atoms. The SMILES string of the molecule is CC(=O)NCCNC(=O)Nc1nc2ccc(-c3cccc(S(C)(=O)=O)c3)cc2s1. The molecule has 0 spiro atoms. The first-order valence-electron chi connectivity index (χ1n) is 8.73. The van der Waals surface area contributed by atoms with Gasteiger partial charge in [0.1, 0.15) is 0 Å². The van der Waals surface area contributed by atoms with Crippen molar-refractivity contribution in [2.45, 2.75) is 11.8 Å². The maximum absolute atomic E-state index is 11.9. The molecule has 152 valence electrons. The molecule has 0 unspecified atom stereocenters. The Morgan fingerprint density at radius 2 is 1.76 bits per heavy atom. The number of fused-ring (bicyclic) bond motifs is 1. The number of thiazole rings is 1. The van der Waals surface area contributed by atoms with Crippen molar-refractivity contribution < 1.29 is 18.0 Å². The second-order valence-electron chi connectivity index (χ2n) is 6.37. The topological polar surface area (TPSA) is 117 Å². The third-order valence-corrected chi connectivity index (χ3v) is 6.03. The van der Waals surface area contributed by atoms with E-state index in [1.165, 1.54) is 24.5 Å². The van der Waals surface area contributed by atoms with E-state index in [9.17, 15) is 18.0 Å². The van der Waals surface area contributed by atoms with E-state index in [2.05, 4.69) is 20.9 Å². The highest BCUT2D eigenvalue weighted by Gasteiger charge is 2.11. The van der Waals surface area contributed by atoms with E-state index in [0.29, 0.717) is 18.2 Å². The first-order chi connectivity index (χ1) is 13.7. The summed E-state index contributed by atoms with van der Waals surface area (Å²) in [5.74, 6) is -0.156. The predicted octanol–water partition coefficient (Wildman–Crippen LogP) is 2.62. The number of anilines is 1. The number of carbonyl (C=O) groups is 2. The molecule has 3 aromatic rings. The summed E-state index contributed by atoms with van der Waals surface area (Å²) in [5, 5.41) is 8.34. The molecule has 3 N–H and O–H groups in total. The molecule has 0 saturated carbocycles. The lowest BCUT2D eigenvalue weighted by molar-refractivity contribution is -0.118. The third-order valence-electron chi connectivity index (χ3n) is 3.99. The highest BCUT2D eigenvalue weighted by atomic mass is 32.2. The second-order valence-corrected chi connectivity index (χ2v) is 9.41. The third kappa shape index (κ3) is 5.52. The molecule has 0 saturated heterocycles. The van der Waals surface area contributed by atoms with Crippen LogP contribution in [0.2, 0.25) is 0 Å². The van der Waals surface area contributed by atoms with Gasteiger partial charge in [0.15, 0.2) is 15.0 Å². The van der Waals surface area contributed by atoms with Gasteiger partial charge in [-0.2, -0.15) is 0 Å². The van der Waals surface area contributed by atoms with Gasteiger partial charge in [-0.15, -0.1) is 0 Å². The van der Waals surface area contributed by atoms with Crippen LogP contribution < -0.4 is 16.0 Å². The lowest BCUT2D eigenvalue weighted by atomic mass is 10.1. The first kappa shape index (κ1) is 20.7. The highest BCUT2D eigenvalue weighted by molar-refractivity contribution is 7.90. The Hall–Kier alpha value is -2.98. The van der Waals surface area contributed by atoms with E-state index in [0.717, 1.165) is 21.3 Å². The van der Waals surface area contributed by atoms with Gasteiger partial charge in [-0.3, -0.25) is 10.1 Å². The van der Waals surface area contributed by atoms with Gasteiger partial charge in [0.2, 0.25) is 5.91 Å². The van der Waals surface area contributed by atoms with Crippen molar-refractivity contribution in [3.8, 4) is 11.1 Å². The van der Waals surface area contributed by atoms with Crippen LogP contribution in [-0.4, -0.2) is 44.7 Å². The van der Waals surface area contributed by atoms with Crippen molar-refractivity contribution in [1.82, 2.24) is 15.6 Å². The van der Waals surface area contributed by atoms with Crippen molar-refractivity contribution in [2.75, 3.05) is 24.7 Å². The maximum Gasteiger partial charge on any atom is 0.321 e. The van der Waals surface area contributed by atoms with Gasteiger partial charge < -0.3 is 10.6 Å². The molecular weight excluding hydrogens is 412 g/mol. The number of rotatable bonds is 6. The summed E-state index contributed by atoms with van der Waals surface area (Å²) in [7, 11) is -3.29. The minimum Gasteiger partial charge on any atom is -0.355 e. The lowest BCUT2D eigenvalue weighted by Crippen LogP contribution is -2.36. The fraction of sp³-hybridized carbons (Fsp3) is 0.211. The van der Waals surface area contributed by atoms with E-state index < -0.39 is 15.9 Å². The molecule has 0 atom stereocenters. The fourth-order valence-corrected chi connectivity index (χ4v) is 4.19. The van der Waals surface area contributed by atoms with Crippen molar-refractivity contribution in [3.05, 3.63) is 42.5 Å². The number of nitrogens with one attached hydrogen (secondary N) is 3. The van der Waals surface area contributed by atoms with Crippen LogP contribution in [0.3, 0.4) is 0 Å². The Kier molecular flexibility index (Phi) is 6.14. The Bertz CT molecular complexity index is 1170. The first-order valence-corrected chi connectivity index (χ1v) is 11.4. The molecule has 1 heterocycles. The molecule has 0 fully saturated rings. The predicted molar refractivity (Wildman–Crippen MR) is 114 cm³/mol. The maximum atomic E-state index is 11.9. The second kappa shape index (κ2) is 8.58. The summed E-state index contributed by atoms with van der Waals surface area (Å²) in [6, 6.07) is 12.0. The van der Waals surface area contributed by atoms with Crippen molar-refractivity contribution in [3.63, 3.8) is 0 Å². The molecule has 3 amide bonds. The van der Waals surface area contributed by atoms with Crippen LogP contribution in [0, 0.1) is 0 Å². The van der Waals surface area contributed by atoms with Crippen LogP contribution in [0.1, 0.15) is 6.92 Å². The van der Waals surface area contributed by atoms with Gasteiger partial charge in [-0.1, -0.05) is 29.5 Å². The van der Waals surface area contributed by atoms with E-state index in [-0.39, 0.29) is 10.8 Å². The number of benzene rings is 2. The molecule has 8 nitrogen and oxygen atoms in total. The molecule has 0 aliphatic rings. The van der Waals surface area contributed by atoms with Gasteiger partial charge in [0.25, 0.3) is 0 Å². The number of hydrogen-bond donors (Lipinski definition) is 3. The quantitative estimate of drug-likeness (QED) is 0.518. The number of carbonyl (C=O) groups excluding carboxylic acids is 2. The average Bonchev–Trinajstić information content (AvgIpc) is 3.05.